The first-order valence-electron chi connectivity index (χ1n) is 23.2. The SMILES string of the molecule is c1ccc(-c2ccc(N(c3ccc4c(c3)C3(CC5CCC3C5)c3ccccc3-4)c3ccc4c(c3)C3(c5ccccc5-4)C4CC5CC(C4)CC3C5)c(-c3ccccc3)c2)cc1. The minimum atomic E-state index is 0.104. The van der Waals surface area contributed by atoms with Crippen LogP contribution < -0.4 is 4.90 Å². The van der Waals surface area contributed by atoms with Crippen LogP contribution in [0.5, 0.6) is 0 Å². The Hall–Kier alpha value is -5.66. The Morgan fingerprint density at radius 3 is 1.60 bits per heavy atom. The van der Waals surface area contributed by atoms with Crippen molar-refractivity contribution in [3.63, 3.8) is 0 Å². The molecule has 3 atom stereocenters. The summed E-state index contributed by atoms with van der Waals surface area (Å²) in [6.07, 6.45) is 12.4. The maximum atomic E-state index is 2.70. The first kappa shape index (κ1) is 34.1. The summed E-state index contributed by atoms with van der Waals surface area (Å²) in [7, 11) is 0. The fourth-order valence-electron chi connectivity index (χ4n) is 15.6. The molecule has 0 amide bonds. The van der Waals surface area contributed by atoms with Gasteiger partial charge in [-0.2, -0.15) is 0 Å². The molecular formula is C59H51N. The molecule has 60 heavy (non-hydrogen) atoms. The van der Waals surface area contributed by atoms with Gasteiger partial charge in [0.1, 0.15) is 0 Å². The third kappa shape index (κ3) is 4.49. The van der Waals surface area contributed by atoms with Gasteiger partial charge in [0.05, 0.1) is 5.69 Å². The zero-order valence-electron chi connectivity index (χ0n) is 34.4. The summed E-state index contributed by atoms with van der Waals surface area (Å²) in [4.78, 5) is 2.67. The van der Waals surface area contributed by atoms with E-state index in [1.807, 2.05) is 0 Å². The fourth-order valence-corrected chi connectivity index (χ4v) is 15.6. The van der Waals surface area contributed by atoms with Crippen LogP contribution in [0.2, 0.25) is 0 Å². The second-order valence-electron chi connectivity index (χ2n) is 20.1. The molecule has 292 valence electrons. The van der Waals surface area contributed by atoms with E-state index in [9.17, 15) is 0 Å². The van der Waals surface area contributed by atoms with E-state index in [2.05, 4.69) is 169 Å². The summed E-state index contributed by atoms with van der Waals surface area (Å²) >= 11 is 0. The van der Waals surface area contributed by atoms with Gasteiger partial charge in [-0.05, 0) is 184 Å². The minimum absolute atomic E-state index is 0.104. The van der Waals surface area contributed by atoms with E-state index in [0.29, 0.717) is 5.92 Å². The lowest BCUT2D eigenvalue weighted by Gasteiger charge is -2.61. The van der Waals surface area contributed by atoms with Crippen LogP contribution in [-0.4, -0.2) is 0 Å². The molecule has 7 aromatic rings. The van der Waals surface area contributed by atoms with Crippen molar-refractivity contribution in [3.8, 4) is 44.5 Å². The second-order valence-corrected chi connectivity index (χ2v) is 20.1. The summed E-state index contributed by atoms with van der Waals surface area (Å²) in [6, 6.07) is 63.7. The highest BCUT2D eigenvalue weighted by molar-refractivity contribution is 5.94. The van der Waals surface area contributed by atoms with Crippen molar-refractivity contribution >= 4 is 17.1 Å². The topological polar surface area (TPSA) is 3.24 Å². The molecule has 2 spiro atoms. The molecule has 3 unspecified atom stereocenters. The molecular weight excluding hydrogens is 723 g/mol. The van der Waals surface area contributed by atoms with Crippen LogP contribution in [0.1, 0.15) is 80.0 Å². The smallest absolute Gasteiger partial charge is 0.0540 e. The second kappa shape index (κ2) is 12.4. The van der Waals surface area contributed by atoms with Crippen LogP contribution in [-0.2, 0) is 10.8 Å². The first-order valence-corrected chi connectivity index (χ1v) is 23.2. The molecule has 8 aliphatic rings. The highest BCUT2D eigenvalue weighted by Crippen LogP contribution is 2.70. The van der Waals surface area contributed by atoms with Gasteiger partial charge < -0.3 is 4.90 Å². The summed E-state index contributed by atoms with van der Waals surface area (Å²) in [5.41, 5.74) is 21.3. The van der Waals surface area contributed by atoms with Crippen molar-refractivity contribution < 1.29 is 0 Å². The Labute approximate surface area is 355 Å². The Morgan fingerprint density at radius 2 is 0.933 bits per heavy atom. The van der Waals surface area contributed by atoms with E-state index in [4.69, 9.17) is 0 Å². The lowest BCUT2D eigenvalue weighted by molar-refractivity contribution is -0.0399. The zero-order chi connectivity index (χ0) is 39.2. The average molecular weight is 774 g/mol. The number of hydrogen-bond donors (Lipinski definition) is 0. The molecule has 0 N–H and O–H groups in total. The van der Waals surface area contributed by atoms with Crippen molar-refractivity contribution in [2.24, 2.45) is 35.5 Å². The van der Waals surface area contributed by atoms with Gasteiger partial charge in [0.25, 0.3) is 0 Å². The van der Waals surface area contributed by atoms with Gasteiger partial charge in [0.2, 0.25) is 0 Å². The molecule has 0 radical (unpaired) electrons. The quantitative estimate of drug-likeness (QED) is 0.168. The standard InChI is InChI=1S/C59H51N/c1-3-11-40(12-4-1)42-20-26-57(52(33-42)41-13-5-2-6-14-41)60(46-22-24-50-48-15-7-9-17-53(48)58(55(50)34-46)36-37-19-21-43(58)28-37)47-23-25-51-49-16-8-10-18-54(49)59(56(51)35-47)44-29-38-27-39(31-44)32-45(59)30-38/h1-18,20,22-26,33-35,37-39,43-45H,19,21,27-32,36H2. The van der Waals surface area contributed by atoms with Gasteiger partial charge in [0.15, 0.2) is 0 Å². The van der Waals surface area contributed by atoms with E-state index in [0.717, 1.165) is 29.6 Å². The molecule has 0 saturated heterocycles. The number of hydrogen-bond acceptors (Lipinski definition) is 1. The summed E-state index contributed by atoms with van der Waals surface area (Å²) in [5.74, 6) is 4.83. The Bertz CT molecular complexity index is 2840. The Balaban J connectivity index is 1.02. The molecule has 6 fully saturated rings. The number of anilines is 3. The average Bonchev–Trinajstić information content (AvgIpc) is 4.06. The minimum Gasteiger partial charge on any atom is -0.310 e. The number of benzene rings is 7. The molecule has 7 aromatic carbocycles. The van der Waals surface area contributed by atoms with Crippen LogP contribution in [0.4, 0.5) is 17.1 Å². The van der Waals surface area contributed by atoms with Crippen LogP contribution in [0.3, 0.4) is 0 Å². The number of rotatable bonds is 5. The molecule has 0 aromatic heterocycles. The van der Waals surface area contributed by atoms with Gasteiger partial charge in [0, 0.05) is 27.8 Å². The molecule has 15 rings (SSSR count). The van der Waals surface area contributed by atoms with E-state index < -0.39 is 0 Å². The van der Waals surface area contributed by atoms with Gasteiger partial charge in [-0.3, -0.25) is 0 Å². The predicted molar refractivity (Wildman–Crippen MR) is 247 cm³/mol. The highest BCUT2D eigenvalue weighted by atomic mass is 15.1. The van der Waals surface area contributed by atoms with E-state index in [1.165, 1.54) is 119 Å². The van der Waals surface area contributed by atoms with E-state index in [-0.39, 0.29) is 10.8 Å². The Kier molecular flexibility index (Phi) is 7.07. The maximum Gasteiger partial charge on any atom is 0.0540 e. The van der Waals surface area contributed by atoms with Gasteiger partial charge in [-0.1, -0.05) is 134 Å². The molecule has 1 nitrogen and oxygen atoms in total. The molecule has 8 aliphatic carbocycles. The summed E-state index contributed by atoms with van der Waals surface area (Å²) < 4.78 is 0. The largest absolute Gasteiger partial charge is 0.310 e. The maximum absolute atomic E-state index is 2.70. The summed E-state index contributed by atoms with van der Waals surface area (Å²) in [6.45, 7) is 0. The predicted octanol–water partition coefficient (Wildman–Crippen LogP) is 15.3. The third-order valence-electron chi connectivity index (χ3n) is 17.5. The normalized spacial score (nSPS) is 29.2. The van der Waals surface area contributed by atoms with E-state index in [1.54, 1.807) is 22.3 Å². The van der Waals surface area contributed by atoms with Gasteiger partial charge >= 0.3 is 0 Å². The lowest BCUT2D eigenvalue weighted by Crippen LogP contribution is -2.55. The number of fused-ring (bicyclic) bond motifs is 11. The monoisotopic (exact) mass is 773 g/mol. The van der Waals surface area contributed by atoms with Crippen LogP contribution in [0, 0.1) is 35.5 Å². The van der Waals surface area contributed by atoms with Crippen LogP contribution >= 0.6 is 0 Å². The van der Waals surface area contributed by atoms with Gasteiger partial charge in [-0.15, -0.1) is 0 Å². The molecule has 0 aliphatic heterocycles. The van der Waals surface area contributed by atoms with Gasteiger partial charge in [-0.25, -0.2) is 0 Å². The third-order valence-corrected chi connectivity index (χ3v) is 17.5. The Morgan fingerprint density at radius 1 is 0.367 bits per heavy atom. The van der Waals surface area contributed by atoms with Crippen molar-refractivity contribution in [2.45, 2.75) is 68.6 Å². The number of nitrogens with zero attached hydrogens (tertiary/aromatic N) is 1. The van der Waals surface area contributed by atoms with Crippen molar-refractivity contribution in [1.82, 2.24) is 0 Å². The molecule has 6 bridgehead atoms. The van der Waals surface area contributed by atoms with Crippen LogP contribution in [0.15, 0.2) is 164 Å². The summed E-state index contributed by atoms with van der Waals surface area (Å²) in [5, 5.41) is 0. The molecule has 1 heteroatoms. The van der Waals surface area contributed by atoms with E-state index >= 15 is 0 Å². The van der Waals surface area contributed by atoms with Crippen molar-refractivity contribution in [1.29, 1.82) is 0 Å². The van der Waals surface area contributed by atoms with Crippen molar-refractivity contribution in [3.05, 3.63) is 186 Å². The molecule has 0 heterocycles. The highest BCUT2D eigenvalue weighted by Gasteiger charge is 2.62. The fraction of sp³-hybridized carbons (Fsp3) is 0.288. The lowest BCUT2D eigenvalue weighted by atomic mass is 9.43. The molecule has 6 saturated carbocycles. The first-order chi connectivity index (χ1) is 29.7. The van der Waals surface area contributed by atoms with Crippen molar-refractivity contribution in [2.75, 3.05) is 4.90 Å². The van der Waals surface area contributed by atoms with Crippen LogP contribution in [0.25, 0.3) is 44.5 Å². The zero-order valence-corrected chi connectivity index (χ0v) is 34.4.